The van der Waals surface area contributed by atoms with Crippen molar-refractivity contribution < 1.29 is 74.3 Å². The molecule has 3 radical (unpaired) electrons. The van der Waals surface area contributed by atoms with Crippen molar-refractivity contribution in [1.29, 1.82) is 0 Å². The topological polar surface area (TPSA) is 268 Å². The van der Waals surface area contributed by atoms with E-state index in [1.54, 1.807) is 0 Å². The first-order chi connectivity index (χ1) is 11.3. The summed E-state index contributed by atoms with van der Waals surface area (Å²) >= 11 is -12.9. The Morgan fingerprint density at radius 1 is 0.839 bits per heavy atom. The number of hydrogen-bond donors (Lipinski definition) is 3. The second kappa shape index (κ2) is 54.2. The molecule has 5 N–H and O–H groups in total. The fraction of sp³-hybridized carbons (Fsp3) is 1.00. The van der Waals surface area contributed by atoms with E-state index in [-0.39, 0.29) is 69.9 Å². The van der Waals surface area contributed by atoms with Crippen LogP contribution in [-0.4, -0.2) is 134 Å². The second-order valence-corrected chi connectivity index (χ2v) is 23.7. The van der Waals surface area contributed by atoms with Gasteiger partial charge in [0.2, 0.25) is 0 Å². The molecule has 0 rings (SSSR count). The van der Waals surface area contributed by atoms with E-state index in [1.807, 2.05) is 0 Å². The molecule has 0 heterocycles. The summed E-state index contributed by atoms with van der Waals surface area (Å²) < 4.78 is 75.7. The van der Waals surface area contributed by atoms with Crippen LogP contribution >= 0.6 is 8.65 Å². The van der Waals surface area contributed by atoms with E-state index < -0.39 is 97.8 Å². The van der Waals surface area contributed by atoms with Crippen molar-refractivity contribution in [3.63, 3.8) is 0 Å². The normalized spacial score (nSPS) is 8.87. The van der Waals surface area contributed by atoms with Gasteiger partial charge in [0.15, 0.2) is 0 Å². The van der Waals surface area contributed by atoms with Gasteiger partial charge in [-0.2, -0.15) is 8.42 Å². The van der Waals surface area contributed by atoms with E-state index in [0.717, 1.165) is 0 Å². The summed E-state index contributed by atoms with van der Waals surface area (Å²) in [5.74, 6) is 0. The van der Waals surface area contributed by atoms with Crippen molar-refractivity contribution >= 4 is 134 Å². The van der Waals surface area contributed by atoms with Gasteiger partial charge < -0.3 is 5.48 Å². The quantitative estimate of drug-likeness (QED) is 0.132. The molecular formula is C5H27O18Pb4S4. The maximum atomic E-state index is 10.0. The molecule has 31 heavy (non-hydrogen) atoms. The van der Waals surface area contributed by atoms with Gasteiger partial charge in [0, 0.05) is 0 Å². The van der Waals surface area contributed by atoms with E-state index >= 15 is 0 Å². The molecule has 0 bridgehead atoms. The fourth-order valence-electron chi connectivity index (χ4n) is 0.222. The molecule has 0 aliphatic rings. The van der Waals surface area contributed by atoms with E-state index in [4.69, 9.17) is 21.1 Å². The van der Waals surface area contributed by atoms with Crippen LogP contribution in [0.2, 0.25) is 0 Å². The zero-order chi connectivity index (χ0) is 19.4. The Bertz CT molecular complexity index is 543. The van der Waals surface area contributed by atoms with Gasteiger partial charge in [-0.05, 0) is 0 Å². The van der Waals surface area contributed by atoms with Crippen molar-refractivity contribution in [3.05, 3.63) is 0 Å². The van der Waals surface area contributed by atoms with Crippen LogP contribution in [0, 0.1) is 0 Å². The molecule has 0 aliphatic heterocycles. The molecule has 0 fully saturated rings. The van der Waals surface area contributed by atoms with Gasteiger partial charge in [-0.1, -0.05) is 46.5 Å². The third kappa shape index (κ3) is 71.9. The van der Waals surface area contributed by atoms with Crippen molar-refractivity contribution in [2.24, 2.45) is 0 Å². The Morgan fingerprint density at radius 3 is 1.55 bits per heavy atom. The van der Waals surface area contributed by atoms with Crippen LogP contribution in [0.5, 0.6) is 0 Å². The molecule has 0 aromatic rings. The minimum absolute atomic E-state index is 0. The molecule has 18 nitrogen and oxygen atoms in total. The van der Waals surface area contributed by atoms with Crippen molar-refractivity contribution in [2.75, 3.05) is 0 Å². The molecule has 0 saturated heterocycles. The predicted octanol–water partition coefficient (Wildman–Crippen LogP) is -1.16. The monoisotopic (exact) mass is 1330 g/mol. The van der Waals surface area contributed by atoms with Crippen LogP contribution in [0.25, 0.3) is 0 Å². The SMILES string of the molecule is C.C.C.C.C.O.O=S(OO)OS(=O)OOO.O=[S](=O)=[Pb][O][Pb](=[S])[O]OOO.[O]=[Pb]=[O].[PbH2]. The van der Waals surface area contributed by atoms with Crippen LogP contribution in [0.15, 0.2) is 0 Å². The number of hydrogen-bond acceptors (Lipinski definition) is 18. The third-order valence-electron chi connectivity index (χ3n) is 0.583. The van der Waals surface area contributed by atoms with Gasteiger partial charge in [-0.3, -0.25) is 0 Å². The Balaban J connectivity index is -0.0000000262. The molecule has 2 atom stereocenters. The van der Waals surface area contributed by atoms with E-state index in [1.165, 1.54) is 0 Å². The summed E-state index contributed by atoms with van der Waals surface area (Å²) in [7, 11) is 4.55. The molecule has 0 amide bonds. The van der Waals surface area contributed by atoms with Gasteiger partial charge in [0.05, 0.1) is 0 Å². The van der Waals surface area contributed by atoms with Gasteiger partial charge in [0.1, 0.15) is 0 Å². The summed E-state index contributed by atoms with van der Waals surface area (Å²) in [5.41, 5.74) is 0. The summed E-state index contributed by atoms with van der Waals surface area (Å²) in [6.45, 7) is -2.12. The molecule has 195 valence electrons. The number of rotatable bonds is 10. The molecule has 0 saturated carbocycles. The molecule has 26 heteroatoms. The van der Waals surface area contributed by atoms with Gasteiger partial charge >= 0.3 is 166 Å². The average molecular weight is 1330 g/mol. The van der Waals surface area contributed by atoms with Crippen LogP contribution in [0.1, 0.15) is 37.1 Å². The van der Waals surface area contributed by atoms with Crippen molar-refractivity contribution in [3.8, 4) is 0 Å². The van der Waals surface area contributed by atoms with E-state index in [2.05, 4.69) is 39.5 Å². The Labute approximate surface area is 241 Å². The van der Waals surface area contributed by atoms with Crippen LogP contribution in [-0.2, 0) is 65.7 Å². The summed E-state index contributed by atoms with van der Waals surface area (Å²) in [4.78, 5) is 0. The van der Waals surface area contributed by atoms with E-state index in [0.29, 0.717) is 0 Å². The minimum atomic E-state index is -3.16. The fourth-order valence-corrected chi connectivity index (χ4v) is 26.2. The molecule has 0 aromatic heterocycles. The zero-order valence-electron chi connectivity index (χ0n) is 11.4. The first kappa shape index (κ1) is 64.3. The molecule has 2 unspecified atom stereocenters. The second-order valence-electron chi connectivity index (χ2n) is 1.67. The van der Waals surface area contributed by atoms with Gasteiger partial charge in [-0.25, -0.2) is 10.5 Å². The molecule has 0 aliphatic carbocycles. The van der Waals surface area contributed by atoms with Crippen LogP contribution in [0.4, 0.5) is 0 Å². The maximum absolute atomic E-state index is 10.0. The summed E-state index contributed by atoms with van der Waals surface area (Å²) in [6, 6.07) is 0. The van der Waals surface area contributed by atoms with Crippen LogP contribution in [0.3, 0.4) is 0 Å². The molecule has 0 aromatic carbocycles. The standard InChI is InChI=1S/5CH4.H2O8S2.H2O4.O2S.H2O.3O.4Pb.S.2H/c;;;;;1-5-7-10(4)8-9(3)6-2;1-3-4-2;1-3-2;;;;;;;;;;;/h5*1H4;1-2H;1-2H;;1H2;;;;;;;;;;/q;;;;;;;;;;;;;;;+1;;;/p-1. The molecule has 0 spiro atoms. The van der Waals surface area contributed by atoms with E-state index in [9.17, 15) is 16.8 Å². The predicted molar refractivity (Wildman–Crippen MR) is 114 cm³/mol. The van der Waals surface area contributed by atoms with Crippen molar-refractivity contribution in [1.82, 2.24) is 0 Å². The first-order valence-electron chi connectivity index (χ1n) is 3.81. The summed E-state index contributed by atoms with van der Waals surface area (Å²) in [6.07, 6.45) is 0. The molecular weight excluding hydrogens is 1310 g/mol. The Morgan fingerprint density at radius 2 is 1.26 bits per heavy atom. The third-order valence-corrected chi connectivity index (χ3v) is 27.2. The average Bonchev–Trinajstić information content (AvgIpc) is 2.52. The first-order valence-corrected chi connectivity index (χ1v) is 24.8. The van der Waals surface area contributed by atoms with Crippen molar-refractivity contribution in [2.45, 2.75) is 37.1 Å². The van der Waals surface area contributed by atoms with Gasteiger partial charge in [0.25, 0.3) is 0 Å². The van der Waals surface area contributed by atoms with Crippen LogP contribution < -0.4 is 0 Å². The Hall–Kier alpha value is 3.15. The zero-order valence-corrected chi connectivity index (χ0v) is 31.8. The summed E-state index contributed by atoms with van der Waals surface area (Å²) in [5, 5.41) is 32.0. The van der Waals surface area contributed by atoms with Gasteiger partial charge in [-0.15, -0.1) is 7.96 Å². The Kier molecular flexibility index (Phi) is 112.